The Balaban J connectivity index is 1.41. The smallest absolute Gasteiger partial charge is 0.246 e. The predicted octanol–water partition coefficient (Wildman–Crippen LogP) is 0.0179. The van der Waals surface area contributed by atoms with E-state index in [1.807, 2.05) is 35.2 Å². The van der Waals surface area contributed by atoms with Crippen molar-refractivity contribution in [1.82, 2.24) is 30.4 Å². The molecule has 3 heterocycles. The van der Waals surface area contributed by atoms with Crippen molar-refractivity contribution in [2.45, 2.75) is 6.54 Å². The molecule has 0 bridgehead atoms. The molecule has 0 radical (unpaired) electrons. The third kappa shape index (κ3) is 2.48. The van der Waals surface area contributed by atoms with Crippen LogP contribution in [-0.4, -0.2) is 57.2 Å². The predicted molar refractivity (Wildman–Crippen MR) is 79.7 cm³/mol. The minimum atomic E-state index is 0.0754. The molecule has 2 aliphatic heterocycles. The molecule has 4 rings (SSSR count). The Bertz CT molecular complexity index is 658. The molecular weight excluding hydrogens is 280 g/mol. The Kier molecular flexibility index (Phi) is 3.34. The van der Waals surface area contributed by atoms with Crippen LogP contribution in [0.5, 0.6) is 0 Å². The SMILES string of the molecule is O=C(Cn1nnc(-c2ccccc2)n1)N1C[C@H]2CNC[C@H]2C1. The highest BCUT2D eigenvalue weighted by atomic mass is 16.2. The van der Waals surface area contributed by atoms with Crippen LogP contribution >= 0.6 is 0 Å². The first-order valence-corrected chi connectivity index (χ1v) is 7.61. The van der Waals surface area contributed by atoms with Crippen molar-refractivity contribution in [2.75, 3.05) is 26.2 Å². The maximum absolute atomic E-state index is 12.4. The van der Waals surface area contributed by atoms with Gasteiger partial charge < -0.3 is 10.2 Å². The summed E-state index contributed by atoms with van der Waals surface area (Å²) in [4.78, 5) is 15.7. The van der Waals surface area contributed by atoms with E-state index in [9.17, 15) is 4.79 Å². The normalized spacial score (nSPS) is 23.7. The summed E-state index contributed by atoms with van der Waals surface area (Å²) in [7, 11) is 0. The lowest BCUT2D eigenvalue weighted by Gasteiger charge is -2.16. The van der Waals surface area contributed by atoms with Crippen LogP contribution in [-0.2, 0) is 11.3 Å². The van der Waals surface area contributed by atoms with Gasteiger partial charge in [0, 0.05) is 31.7 Å². The summed E-state index contributed by atoms with van der Waals surface area (Å²) >= 11 is 0. The van der Waals surface area contributed by atoms with Crippen molar-refractivity contribution in [3.05, 3.63) is 30.3 Å². The number of tetrazole rings is 1. The first kappa shape index (κ1) is 13.4. The van der Waals surface area contributed by atoms with E-state index in [4.69, 9.17) is 0 Å². The van der Waals surface area contributed by atoms with Gasteiger partial charge in [0.25, 0.3) is 0 Å². The second-order valence-electron chi connectivity index (χ2n) is 5.99. The molecule has 1 N–H and O–H groups in total. The van der Waals surface area contributed by atoms with Crippen LogP contribution in [0.15, 0.2) is 30.3 Å². The lowest BCUT2D eigenvalue weighted by atomic mass is 10.0. The molecule has 114 valence electrons. The molecule has 22 heavy (non-hydrogen) atoms. The molecule has 7 heteroatoms. The third-order valence-corrected chi connectivity index (χ3v) is 4.50. The molecule has 0 unspecified atom stereocenters. The Morgan fingerprint density at radius 3 is 2.64 bits per heavy atom. The van der Waals surface area contributed by atoms with Crippen molar-refractivity contribution < 1.29 is 4.79 Å². The summed E-state index contributed by atoms with van der Waals surface area (Å²) in [5.41, 5.74) is 0.906. The lowest BCUT2D eigenvalue weighted by molar-refractivity contribution is -0.131. The van der Waals surface area contributed by atoms with E-state index in [1.165, 1.54) is 4.80 Å². The summed E-state index contributed by atoms with van der Waals surface area (Å²) in [6.07, 6.45) is 0. The second-order valence-corrected chi connectivity index (χ2v) is 5.99. The van der Waals surface area contributed by atoms with Gasteiger partial charge in [-0.3, -0.25) is 4.79 Å². The molecule has 2 saturated heterocycles. The van der Waals surface area contributed by atoms with E-state index in [0.717, 1.165) is 31.7 Å². The average molecular weight is 298 g/mol. The van der Waals surface area contributed by atoms with Crippen molar-refractivity contribution >= 4 is 5.91 Å². The topological polar surface area (TPSA) is 75.9 Å². The zero-order valence-electron chi connectivity index (χ0n) is 12.2. The Morgan fingerprint density at radius 2 is 1.91 bits per heavy atom. The highest BCUT2D eigenvalue weighted by molar-refractivity contribution is 5.76. The highest BCUT2D eigenvalue weighted by Gasteiger charge is 2.38. The number of aromatic nitrogens is 4. The van der Waals surface area contributed by atoms with Gasteiger partial charge in [-0.25, -0.2) is 0 Å². The maximum atomic E-state index is 12.4. The number of hydrogen-bond acceptors (Lipinski definition) is 5. The van der Waals surface area contributed by atoms with E-state index in [-0.39, 0.29) is 12.5 Å². The molecular formula is C15H18N6O. The molecule has 2 aliphatic rings. The second kappa shape index (κ2) is 5.49. The first-order valence-electron chi connectivity index (χ1n) is 7.61. The summed E-state index contributed by atoms with van der Waals surface area (Å²) < 4.78 is 0. The number of rotatable bonds is 3. The molecule has 0 saturated carbocycles. The number of hydrogen-bond donors (Lipinski definition) is 1. The van der Waals surface area contributed by atoms with E-state index >= 15 is 0 Å². The average Bonchev–Trinajstić information content (AvgIpc) is 3.23. The van der Waals surface area contributed by atoms with Crippen LogP contribution in [0.25, 0.3) is 11.4 Å². The van der Waals surface area contributed by atoms with Crippen LogP contribution in [0.2, 0.25) is 0 Å². The van der Waals surface area contributed by atoms with Crippen LogP contribution in [0, 0.1) is 11.8 Å². The first-order chi connectivity index (χ1) is 10.8. The van der Waals surface area contributed by atoms with E-state index in [0.29, 0.717) is 17.7 Å². The largest absolute Gasteiger partial charge is 0.340 e. The number of nitrogens with zero attached hydrogens (tertiary/aromatic N) is 5. The number of amides is 1. The van der Waals surface area contributed by atoms with Gasteiger partial charge in [0.15, 0.2) is 0 Å². The van der Waals surface area contributed by atoms with Crippen molar-refractivity contribution in [3.63, 3.8) is 0 Å². The molecule has 2 atom stereocenters. The van der Waals surface area contributed by atoms with Gasteiger partial charge in [0.1, 0.15) is 6.54 Å². The van der Waals surface area contributed by atoms with Gasteiger partial charge in [0.2, 0.25) is 11.7 Å². The van der Waals surface area contributed by atoms with Gasteiger partial charge >= 0.3 is 0 Å². The Hall–Kier alpha value is -2.28. The fraction of sp³-hybridized carbons (Fsp3) is 0.467. The molecule has 0 spiro atoms. The third-order valence-electron chi connectivity index (χ3n) is 4.50. The van der Waals surface area contributed by atoms with Gasteiger partial charge in [-0.15, -0.1) is 10.2 Å². The number of carbonyl (C=O) groups is 1. The minimum Gasteiger partial charge on any atom is -0.340 e. The Morgan fingerprint density at radius 1 is 1.18 bits per heavy atom. The maximum Gasteiger partial charge on any atom is 0.246 e. The van der Waals surface area contributed by atoms with Gasteiger partial charge in [-0.1, -0.05) is 30.3 Å². The summed E-state index contributed by atoms with van der Waals surface area (Å²) in [6, 6.07) is 9.66. The van der Waals surface area contributed by atoms with E-state index < -0.39 is 0 Å². The molecule has 0 aliphatic carbocycles. The van der Waals surface area contributed by atoms with Crippen molar-refractivity contribution in [3.8, 4) is 11.4 Å². The summed E-state index contributed by atoms with van der Waals surface area (Å²) in [5.74, 6) is 1.84. The van der Waals surface area contributed by atoms with E-state index in [1.54, 1.807) is 0 Å². The van der Waals surface area contributed by atoms with E-state index in [2.05, 4.69) is 20.7 Å². The number of nitrogens with one attached hydrogen (secondary N) is 1. The fourth-order valence-electron chi connectivity index (χ4n) is 3.29. The van der Waals surface area contributed by atoms with Crippen LogP contribution in [0.1, 0.15) is 0 Å². The molecule has 1 aromatic carbocycles. The zero-order valence-corrected chi connectivity index (χ0v) is 12.2. The van der Waals surface area contributed by atoms with Crippen LogP contribution in [0.3, 0.4) is 0 Å². The van der Waals surface area contributed by atoms with Crippen molar-refractivity contribution in [1.29, 1.82) is 0 Å². The molecule has 2 aromatic rings. The molecule has 7 nitrogen and oxygen atoms in total. The van der Waals surface area contributed by atoms with Gasteiger partial charge in [0.05, 0.1) is 0 Å². The van der Waals surface area contributed by atoms with Crippen LogP contribution in [0.4, 0.5) is 0 Å². The summed E-state index contributed by atoms with van der Waals surface area (Å²) in [5, 5.41) is 15.7. The monoisotopic (exact) mass is 298 g/mol. The number of fused-ring (bicyclic) bond motifs is 1. The molecule has 1 amide bonds. The number of carbonyl (C=O) groups excluding carboxylic acids is 1. The quantitative estimate of drug-likeness (QED) is 0.864. The molecule has 2 fully saturated rings. The summed E-state index contributed by atoms with van der Waals surface area (Å²) in [6.45, 7) is 3.89. The zero-order chi connectivity index (χ0) is 14.9. The van der Waals surface area contributed by atoms with Gasteiger partial charge in [-0.05, 0) is 17.0 Å². The molecule has 1 aromatic heterocycles. The lowest BCUT2D eigenvalue weighted by Crippen LogP contribution is -2.34. The Labute approximate surface area is 128 Å². The van der Waals surface area contributed by atoms with Crippen LogP contribution < -0.4 is 5.32 Å². The fourth-order valence-corrected chi connectivity index (χ4v) is 3.29. The number of benzene rings is 1. The van der Waals surface area contributed by atoms with Gasteiger partial charge in [-0.2, -0.15) is 4.80 Å². The van der Waals surface area contributed by atoms with Crippen molar-refractivity contribution in [2.24, 2.45) is 11.8 Å². The highest BCUT2D eigenvalue weighted by Crippen LogP contribution is 2.26. The number of likely N-dealkylation sites (tertiary alicyclic amines) is 1. The standard InChI is InChI=1S/C15H18N6O/c22-14(20-8-12-6-16-7-13(12)9-20)10-21-18-15(17-19-21)11-4-2-1-3-5-11/h1-5,12-13,16H,6-10H2/t12-,13+. The minimum absolute atomic E-state index is 0.0754.